The predicted octanol–water partition coefficient (Wildman–Crippen LogP) is 4.03. The number of rotatable bonds is 6. The number of carbonyl (C=O) groups excluding carboxylic acids is 2. The van der Waals surface area contributed by atoms with Gasteiger partial charge in [0.05, 0.1) is 4.90 Å². The quantitative estimate of drug-likeness (QED) is 0.577. The van der Waals surface area contributed by atoms with Crippen molar-refractivity contribution in [2.24, 2.45) is 0 Å². The zero-order chi connectivity index (χ0) is 23.4. The number of amides is 2. The van der Waals surface area contributed by atoms with E-state index in [-0.39, 0.29) is 16.7 Å². The summed E-state index contributed by atoms with van der Waals surface area (Å²) in [5, 5.41) is 2.69. The van der Waals surface area contributed by atoms with E-state index in [0.717, 1.165) is 11.1 Å². The summed E-state index contributed by atoms with van der Waals surface area (Å²) in [4.78, 5) is 26.2. The lowest BCUT2D eigenvalue weighted by atomic mass is 9.98. The number of anilines is 2. The Kier molecular flexibility index (Phi) is 6.46. The van der Waals surface area contributed by atoms with Gasteiger partial charge >= 0.3 is 0 Å². The van der Waals surface area contributed by atoms with Crippen LogP contribution in [-0.2, 0) is 27.8 Å². The number of fused-ring (bicyclic) bond motifs is 1. The molecule has 3 aromatic rings. The molecule has 0 unspecified atom stereocenters. The molecule has 33 heavy (non-hydrogen) atoms. The standard InChI is InChI=1S/C25H25N3O4S/c1-2-24(29)26-21-10-12-23(13-11-21)33(31,32)27-22-9-8-18-14-15-28(17-20(18)16-22)25(30)19-6-4-3-5-7-19/h3-13,16,27H,2,14-15,17H2,1H3,(H,26,29). The highest BCUT2D eigenvalue weighted by Gasteiger charge is 2.23. The summed E-state index contributed by atoms with van der Waals surface area (Å²) in [6.07, 6.45) is 1.06. The van der Waals surface area contributed by atoms with Crippen molar-refractivity contribution in [3.8, 4) is 0 Å². The van der Waals surface area contributed by atoms with Gasteiger partial charge in [-0.1, -0.05) is 31.2 Å². The number of hydrogen-bond acceptors (Lipinski definition) is 4. The Labute approximate surface area is 193 Å². The summed E-state index contributed by atoms with van der Waals surface area (Å²) >= 11 is 0. The largest absolute Gasteiger partial charge is 0.334 e. The second-order valence-corrected chi connectivity index (χ2v) is 9.54. The Morgan fingerprint density at radius 3 is 2.30 bits per heavy atom. The van der Waals surface area contributed by atoms with Crippen molar-refractivity contribution in [3.63, 3.8) is 0 Å². The van der Waals surface area contributed by atoms with E-state index in [1.54, 1.807) is 48.2 Å². The molecule has 7 nitrogen and oxygen atoms in total. The SMILES string of the molecule is CCC(=O)Nc1ccc(S(=O)(=O)Nc2ccc3c(c2)CN(C(=O)c2ccccc2)CC3)cc1. The van der Waals surface area contributed by atoms with Crippen LogP contribution in [-0.4, -0.2) is 31.7 Å². The summed E-state index contributed by atoms with van der Waals surface area (Å²) in [7, 11) is -3.81. The number of sulfonamides is 1. The van der Waals surface area contributed by atoms with Crippen LogP contribution in [0, 0.1) is 0 Å². The molecule has 0 fully saturated rings. The molecule has 0 saturated carbocycles. The van der Waals surface area contributed by atoms with E-state index < -0.39 is 10.0 Å². The lowest BCUT2D eigenvalue weighted by molar-refractivity contribution is -0.115. The molecule has 2 amide bonds. The molecule has 1 aliphatic rings. The summed E-state index contributed by atoms with van der Waals surface area (Å²) < 4.78 is 28.3. The van der Waals surface area contributed by atoms with E-state index in [2.05, 4.69) is 10.0 Å². The van der Waals surface area contributed by atoms with Crippen molar-refractivity contribution in [1.82, 2.24) is 4.90 Å². The minimum absolute atomic E-state index is 0.0394. The van der Waals surface area contributed by atoms with Gasteiger partial charge in [0.25, 0.3) is 15.9 Å². The van der Waals surface area contributed by atoms with Crippen LogP contribution >= 0.6 is 0 Å². The van der Waals surface area contributed by atoms with Gasteiger partial charge in [-0.05, 0) is 66.1 Å². The molecule has 0 radical (unpaired) electrons. The van der Waals surface area contributed by atoms with Crippen LogP contribution in [0.4, 0.5) is 11.4 Å². The lowest BCUT2D eigenvalue weighted by Crippen LogP contribution is -2.36. The Bertz CT molecular complexity index is 1270. The average molecular weight is 464 g/mol. The molecular formula is C25H25N3O4S. The van der Waals surface area contributed by atoms with Crippen molar-refractivity contribution in [2.75, 3.05) is 16.6 Å². The first-order valence-electron chi connectivity index (χ1n) is 10.7. The molecule has 0 bridgehead atoms. The third kappa shape index (κ3) is 5.23. The first-order valence-corrected chi connectivity index (χ1v) is 12.2. The number of nitrogens with zero attached hydrogens (tertiary/aromatic N) is 1. The van der Waals surface area contributed by atoms with E-state index in [1.165, 1.54) is 12.1 Å². The van der Waals surface area contributed by atoms with Crippen LogP contribution < -0.4 is 10.0 Å². The third-order valence-corrected chi connectivity index (χ3v) is 6.95. The fraction of sp³-hybridized carbons (Fsp3) is 0.200. The van der Waals surface area contributed by atoms with Gasteiger partial charge in [0.1, 0.15) is 0 Å². The van der Waals surface area contributed by atoms with Gasteiger partial charge in [0, 0.05) is 36.4 Å². The molecule has 8 heteroatoms. The number of hydrogen-bond donors (Lipinski definition) is 2. The summed E-state index contributed by atoms with van der Waals surface area (Å²) in [6.45, 7) is 2.78. The molecule has 0 saturated heterocycles. The molecule has 1 heterocycles. The number of nitrogens with one attached hydrogen (secondary N) is 2. The molecule has 1 aliphatic heterocycles. The van der Waals surface area contributed by atoms with Gasteiger partial charge in [-0.15, -0.1) is 0 Å². The van der Waals surface area contributed by atoms with Crippen molar-refractivity contribution in [2.45, 2.75) is 31.2 Å². The molecule has 0 aliphatic carbocycles. The van der Waals surface area contributed by atoms with Gasteiger partial charge in [-0.3, -0.25) is 14.3 Å². The van der Waals surface area contributed by atoms with Gasteiger partial charge in [0.15, 0.2) is 0 Å². The van der Waals surface area contributed by atoms with Crippen LogP contribution in [0.15, 0.2) is 77.7 Å². The molecule has 3 aromatic carbocycles. The first-order chi connectivity index (χ1) is 15.9. The Hall–Kier alpha value is -3.65. The van der Waals surface area contributed by atoms with E-state index in [0.29, 0.717) is 42.9 Å². The second kappa shape index (κ2) is 9.46. The Balaban J connectivity index is 1.49. The zero-order valence-corrected chi connectivity index (χ0v) is 19.1. The van der Waals surface area contributed by atoms with Crippen LogP contribution in [0.3, 0.4) is 0 Å². The van der Waals surface area contributed by atoms with E-state index >= 15 is 0 Å². The molecule has 170 valence electrons. The van der Waals surface area contributed by atoms with Crippen LogP contribution in [0.1, 0.15) is 34.8 Å². The maximum Gasteiger partial charge on any atom is 0.261 e. The first kappa shape index (κ1) is 22.5. The van der Waals surface area contributed by atoms with Gasteiger partial charge in [-0.25, -0.2) is 8.42 Å². The van der Waals surface area contributed by atoms with Crippen molar-refractivity contribution in [1.29, 1.82) is 0 Å². The second-order valence-electron chi connectivity index (χ2n) is 7.86. The number of benzene rings is 3. The number of carbonyl (C=O) groups is 2. The minimum atomic E-state index is -3.81. The molecular weight excluding hydrogens is 438 g/mol. The van der Waals surface area contributed by atoms with Crippen molar-refractivity contribution >= 4 is 33.2 Å². The maximum absolute atomic E-state index is 12.9. The van der Waals surface area contributed by atoms with E-state index in [9.17, 15) is 18.0 Å². The van der Waals surface area contributed by atoms with Crippen molar-refractivity contribution in [3.05, 3.63) is 89.5 Å². The minimum Gasteiger partial charge on any atom is -0.334 e. The zero-order valence-electron chi connectivity index (χ0n) is 18.2. The molecule has 4 rings (SSSR count). The lowest BCUT2D eigenvalue weighted by Gasteiger charge is -2.29. The highest BCUT2D eigenvalue weighted by atomic mass is 32.2. The maximum atomic E-state index is 12.9. The van der Waals surface area contributed by atoms with E-state index in [1.807, 2.05) is 24.3 Å². The van der Waals surface area contributed by atoms with Gasteiger partial charge in [-0.2, -0.15) is 0 Å². The Morgan fingerprint density at radius 1 is 0.909 bits per heavy atom. The molecule has 0 atom stereocenters. The van der Waals surface area contributed by atoms with E-state index in [4.69, 9.17) is 0 Å². The highest BCUT2D eigenvalue weighted by Crippen LogP contribution is 2.26. The normalized spacial score (nSPS) is 13.2. The smallest absolute Gasteiger partial charge is 0.261 e. The topological polar surface area (TPSA) is 95.6 Å². The predicted molar refractivity (Wildman–Crippen MR) is 127 cm³/mol. The Morgan fingerprint density at radius 2 is 1.61 bits per heavy atom. The molecule has 0 aromatic heterocycles. The summed E-state index contributed by atoms with van der Waals surface area (Å²) in [5.41, 5.74) is 3.63. The van der Waals surface area contributed by atoms with Crippen LogP contribution in [0.5, 0.6) is 0 Å². The average Bonchev–Trinajstić information content (AvgIpc) is 2.83. The fourth-order valence-electron chi connectivity index (χ4n) is 3.74. The molecule has 2 N–H and O–H groups in total. The van der Waals surface area contributed by atoms with Crippen LogP contribution in [0.2, 0.25) is 0 Å². The third-order valence-electron chi connectivity index (χ3n) is 5.55. The fourth-order valence-corrected chi connectivity index (χ4v) is 4.79. The van der Waals surface area contributed by atoms with Gasteiger partial charge in [0.2, 0.25) is 5.91 Å². The summed E-state index contributed by atoms with van der Waals surface area (Å²) in [6, 6.07) is 20.6. The molecule has 0 spiro atoms. The van der Waals surface area contributed by atoms with Crippen LogP contribution in [0.25, 0.3) is 0 Å². The highest BCUT2D eigenvalue weighted by molar-refractivity contribution is 7.92. The summed E-state index contributed by atoms with van der Waals surface area (Å²) in [5.74, 6) is -0.180. The monoisotopic (exact) mass is 463 g/mol. The van der Waals surface area contributed by atoms with Gasteiger partial charge < -0.3 is 10.2 Å². The van der Waals surface area contributed by atoms with Crippen molar-refractivity contribution < 1.29 is 18.0 Å².